The van der Waals surface area contributed by atoms with Crippen LogP contribution < -0.4 is 15.4 Å². The largest absolute Gasteiger partial charge is 0.497 e. The van der Waals surface area contributed by atoms with Gasteiger partial charge in [0.1, 0.15) is 5.75 Å². The van der Waals surface area contributed by atoms with Crippen LogP contribution in [0.4, 0.5) is 5.69 Å². The molecular weight excluding hydrogens is 280 g/mol. The first kappa shape index (κ1) is 16.3. The molecule has 2 aromatic rings. The molecule has 0 radical (unpaired) electrons. The van der Waals surface area contributed by atoms with Crippen molar-refractivity contribution in [2.75, 3.05) is 18.6 Å². The van der Waals surface area contributed by atoms with Crippen molar-refractivity contribution < 1.29 is 9.26 Å². The number of aromatic nitrogens is 2. The Labute approximate surface area is 124 Å². The van der Waals surface area contributed by atoms with Crippen LogP contribution in [0.2, 0.25) is 0 Å². The Morgan fingerprint density at radius 1 is 1.40 bits per heavy atom. The number of nitrogens with zero attached hydrogens (tertiary/aromatic N) is 3. The summed E-state index contributed by atoms with van der Waals surface area (Å²) in [5.74, 6) is 1.91. The van der Waals surface area contributed by atoms with Crippen LogP contribution in [-0.2, 0) is 13.1 Å². The van der Waals surface area contributed by atoms with Gasteiger partial charge in [-0.2, -0.15) is 4.98 Å². The molecule has 1 aromatic carbocycles. The van der Waals surface area contributed by atoms with Crippen LogP contribution in [-0.4, -0.2) is 23.8 Å². The lowest BCUT2D eigenvalue weighted by Crippen LogP contribution is -2.22. The first-order chi connectivity index (χ1) is 9.26. The standard InChI is InChI=1S/C13H18N4O2.ClH/c1-3-17(9-12-15-13(8-14)19-16-12)10-5-4-6-11(7-10)18-2;/h4-7H,3,8-9,14H2,1-2H3;1H. The summed E-state index contributed by atoms with van der Waals surface area (Å²) in [5.41, 5.74) is 6.51. The molecule has 0 bridgehead atoms. The van der Waals surface area contributed by atoms with Crippen molar-refractivity contribution in [1.82, 2.24) is 10.1 Å². The molecule has 0 spiro atoms. The number of rotatable bonds is 6. The lowest BCUT2D eigenvalue weighted by atomic mass is 10.2. The van der Waals surface area contributed by atoms with E-state index in [9.17, 15) is 0 Å². The van der Waals surface area contributed by atoms with Gasteiger partial charge in [0, 0.05) is 18.3 Å². The summed E-state index contributed by atoms with van der Waals surface area (Å²) in [4.78, 5) is 6.34. The Kier molecular flexibility index (Phi) is 6.27. The molecule has 2 rings (SSSR count). The third-order valence-electron chi connectivity index (χ3n) is 2.82. The van der Waals surface area contributed by atoms with Gasteiger partial charge in [-0.25, -0.2) is 0 Å². The zero-order valence-corrected chi connectivity index (χ0v) is 12.4. The summed E-state index contributed by atoms with van der Waals surface area (Å²) in [6.45, 7) is 3.74. The minimum Gasteiger partial charge on any atom is -0.497 e. The van der Waals surface area contributed by atoms with E-state index in [0.717, 1.165) is 18.0 Å². The monoisotopic (exact) mass is 298 g/mol. The molecule has 2 N–H and O–H groups in total. The van der Waals surface area contributed by atoms with E-state index < -0.39 is 0 Å². The Morgan fingerprint density at radius 3 is 2.80 bits per heavy atom. The van der Waals surface area contributed by atoms with Crippen molar-refractivity contribution in [3.8, 4) is 5.75 Å². The Bertz CT molecular complexity index is 533. The van der Waals surface area contributed by atoms with Crippen LogP contribution in [0.1, 0.15) is 18.6 Å². The maximum absolute atomic E-state index is 5.45. The highest BCUT2D eigenvalue weighted by Gasteiger charge is 2.11. The fourth-order valence-electron chi connectivity index (χ4n) is 1.80. The van der Waals surface area contributed by atoms with Crippen molar-refractivity contribution in [3.05, 3.63) is 36.0 Å². The zero-order chi connectivity index (χ0) is 13.7. The van der Waals surface area contributed by atoms with E-state index >= 15 is 0 Å². The van der Waals surface area contributed by atoms with E-state index in [1.165, 1.54) is 0 Å². The molecule has 0 aliphatic heterocycles. The highest BCUT2D eigenvalue weighted by molar-refractivity contribution is 5.85. The SMILES string of the molecule is CCN(Cc1noc(CN)n1)c1cccc(OC)c1.Cl. The van der Waals surface area contributed by atoms with Gasteiger partial charge >= 0.3 is 0 Å². The van der Waals surface area contributed by atoms with Crippen LogP contribution in [0.5, 0.6) is 5.75 Å². The smallest absolute Gasteiger partial charge is 0.240 e. The molecule has 0 atom stereocenters. The number of ether oxygens (including phenoxy) is 1. The van der Waals surface area contributed by atoms with Gasteiger partial charge in [-0.15, -0.1) is 12.4 Å². The fraction of sp³-hybridized carbons (Fsp3) is 0.385. The molecule has 0 saturated heterocycles. The summed E-state index contributed by atoms with van der Waals surface area (Å²) in [5, 5.41) is 3.90. The summed E-state index contributed by atoms with van der Waals surface area (Å²) >= 11 is 0. The van der Waals surface area contributed by atoms with Crippen LogP contribution >= 0.6 is 12.4 Å². The first-order valence-electron chi connectivity index (χ1n) is 6.17. The predicted octanol–water partition coefficient (Wildman–Crippen LogP) is 1.99. The summed E-state index contributed by atoms with van der Waals surface area (Å²) < 4.78 is 10.2. The molecule has 1 heterocycles. The van der Waals surface area contributed by atoms with Gasteiger partial charge in [-0.1, -0.05) is 11.2 Å². The molecule has 0 aliphatic rings. The molecule has 0 unspecified atom stereocenters. The quantitative estimate of drug-likeness (QED) is 0.879. The van der Waals surface area contributed by atoms with Gasteiger partial charge in [0.2, 0.25) is 5.89 Å². The summed E-state index contributed by atoms with van der Waals surface area (Å²) in [6, 6.07) is 7.87. The lowest BCUT2D eigenvalue weighted by Gasteiger charge is -2.21. The second-order valence-corrected chi connectivity index (χ2v) is 4.02. The van der Waals surface area contributed by atoms with E-state index in [-0.39, 0.29) is 19.0 Å². The molecule has 7 heteroatoms. The highest BCUT2D eigenvalue weighted by atomic mass is 35.5. The Hall–Kier alpha value is -1.79. The van der Waals surface area contributed by atoms with Crippen molar-refractivity contribution >= 4 is 18.1 Å². The normalized spacial score (nSPS) is 9.95. The number of hydrogen-bond donors (Lipinski definition) is 1. The molecule has 0 aliphatic carbocycles. The van der Waals surface area contributed by atoms with Crippen molar-refractivity contribution in [1.29, 1.82) is 0 Å². The predicted molar refractivity (Wildman–Crippen MR) is 79.2 cm³/mol. The number of methoxy groups -OCH3 is 1. The highest BCUT2D eigenvalue weighted by Crippen LogP contribution is 2.21. The van der Waals surface area contributed by atoms with Crippen LogP contribution in [0.15, 0.2) is 28.8 Å². The number of halogens is 1. The maximum Gasteiger partial charge on any atom is 0.240 e. The van der Waals surface area contributed by atoms with Gasteiger partial charge in [0.15, 0.2) is 5.82 Å². The second-order valence-electron chi connectivity index (χ2n) is 4.02. The molecule has 0 saturated carbocycles. The van der Waals surface area contributed by atoms with Crippen molar-refractivity contribution in [2.45, 2.75) is 20.0 Å². The van der Waals surface area contributed by atoms with Gasteiger partial charge in [0.05, 0.1) is 20.2 Å². The van der Waals surface area contributed by atoms with Crippen LogP contribution in [0.3, 0.4) is 0 Å². The third-order valence-corrected chi connectivity index (χ3v) is 2.82. The van der Waals surface area contributed by atoms with Gasteiger partial charge in [0.25, 0.3) is 0 Å². The van der Waals surface area contributed by atoms with Crippen LogP contribution in [0.25, 0.3) is 0 Å². The Balaban J connectivity index is 0.00000200. The fourth-order valence-corrected chi connectivity index (χ4v) is 1.80. The van der Waals surface area contributed by atoms with E-state index in [1.807, 2.05) is 24.3 Å². The Morgan fingerprint density at radius 2 is 2.20 bits per heavy atom. The van der Waals surface area contributed by atoms with Gasteiger partial charge < -0.3 is 19.9 Å². The second kappa shape index (κ2) is 7.72. The van der Waals surface area contributed by atoms with Crippen LogP contribution in [0, 0.1) is 0 Å². The third kappa shape index (κ3) is 3.85. The molecule has 0 amide bonds. The van der Waals surface area contributed by atoms with E-state index in [4.69, 9.17) is 15.0 Å². The van der Waals surface area contributed by atoms with E-state index in [2.05, 4.69) is 22.0 Å². The number of anilines is 1. The molecule has 20 heavy (non-hydrogen) atoms. The molecule has 110 valence electrons. The van der Waals surface area contributed by atoms with Crippen molar-refractivity contribution in [3.63, 3.8) is 0 Å². The minimum absolute atomic E-state index is 0. The lowest BCUT2D eigenvalue weighted by molar-refractivity contribution is 0.374. The van der Waals surface area contributed by atoms with E-state index in [1.54, 1.807) is 7.11 Å². The number of benzene rings is 1. The van der Waals surface area contributed by atoms with Crippen molar-refractivity contribution in [2.24, 2.45) is 5.73 Å². The average Bonchev–Trinajstić information content (AvgIpc) is 2.92. The number of nitrogens with two attached hydrogens (primary N) is 1. The minimum atomic E-state index is 0. The average molecular weight is 299 g/mol. The van der Waals surface area contributed by atoms with Gasteiger partial charge in [-0.05, 0) is 19.1 Å². The molecule has 0 fully saturated rings. The topological polar surface area (TPSA) is 77.4 Å². The van der Waals surface area contributed by atoms with Gasteiger partial charge in [-0.3, -0.25) is 0 Å². The summed E-state index contributed by atoms with van der Waals surface area (Å²) in [6.07, 6.45) is 0. The number of hydrogen-bond acceptors (Lipinski definition) is 6. The molecule has 1 aromatic heterocycles. The maximum atomic E-state index is 5.45. The summed E-state index contributed by atoms with van der Waals surface area (Å²) in [7, 11) is 1.65. The first-order valence-corrected chi connectivity index (χ1v) is 6.17. The van der Waals surface area contributed by atoms with E-state index in [0.29, 0.717) is 18.3 Å². The molecular formula is C13H19ClN4O2. The molecule has 6 nitrogen and oxygen atoms in total. The zero-order valence-electron chi connectivity index (χ0n) is 11.6.